The molecule has 0 fully saturated rings. The number of carbonyl (C=O) groups is 1. The lowest BCUT2D eigenvalue weighted by Crippen LogP contribution is -2.24. The fourth-order valence-electron chi connectivity index (χ4n) is 1.82. The Balaban J connectivity index is 2.41. The van der Waals surface area contributed by atoms with Crippen molar-refractivity contribution in [3.63, 3.8) is 0 Å². The molecular weight excluding hydrogens is 240 g/mol. The summed E-state index contributed by atoms with van der Waals surface area (Å²) in [6.07, 6.45) is 0.439. The van der Waals surface area contributed by atoms with Gasteiger partial charge in [-0.15, -0.1) is 0 Å². The second-order valence-electron chi connectivity index (χ2n) is 4.77. The molecule has 1 unspecified atom stereocenters. The van der Waals surface area contributed by atoms with Crippen molar-refractivity contribution in [2.75, 3.05) is 32.1 Å². The highest BCUT2D eigenvalue weighted by Crippen LogP contribution is 2.11. The Hall–Kier alpha value is -1.55. The van der Waals surface area contributed by atoms with Crippen LogP contribution in [0.2, 0.25) is 0 Å². The van der Waals surface area contributed by atoms with E-state index in [4.69, 9.17) is 4.74 Å². The topological polar surface area (TPSA) is 50.4 Å². The predicted octanol–water partition coefficient (Wildman–Crippen LogP) is 2.06. The minimum absolute atomic E-state index is 0.0666. The summed E-state index contributed by atoms with van der Waals surface area (Å²) in [5.74, 6) is 0.539. The van der Waals surface area contributed by atoms with Gasteiger partial charge < -0.3 is 15.4 Å². The molecule has 1 atom stereocenters. The van der Waals surface area contributed by atoms with E-state index in [0.717, 1.165) is 24.4 Å². The van der Waals surface area contributed by atoms with Crippen LogP contribution in [-0.4, -0.2) is 32.7 Å². The molecule has 0 aliphatic carbocycles. The molecule has 0 bridgehead atoms. The number of likely N-dealkylation sites (N-methyl/N-ethyl adjacent to an activating group) is 1. The zero-order valence-electron chi connectivity index (χ0n) is 12.0. The maximum absolute atomic E-state index is 11.4. The van der Waals surface area contributed by atoms with Crippen molar-refractivity contribution in [3.05, 3.63) is 29.8 Å². The van der Waals surface area contributed by atoms with Crippen molar-refractivity contribution in [2.24, 2.45) is 5.92 Å². The molecule has 0 radical (unpaired) electrons. The van der Waals surface area contributed by atoms with Gasteiger partial charge in [-0.2, -0.15) is 0 Å². The molecule has 1 aromatic rings. The van der Waals surface area contributed by atoms with Gasteiger partial charge in [-0.05, 0) is 30.5 Å². The lowest BCUT2D eigenvalue weighted by Gasteiger charge is -2.12. The molecule has 0 aliphatic heterocycles. The first kappa shape index (κ1) is 15.5. The Kier molecular flexibility index (Phi) is 6.97. The smallest absolute Gasteiger partial charge is 0.224 e. The summed E-state index contributed by atoms with van der Waals surface area (Å²) >= 11 is 0. The SMILES string of the molecule is CCNC(=O)Cc1ccc(NCC(C)COC)cc1. The molecule has 2 N–H and O–H groups in total. The third-order valence-corrected chi connectivity index (χ3v) is 2.80. The van der Waals surface area contributed by atoms with Gasteiger partial charge >= 0.3 is 0 Å². The van der Waals surface area contributed by atoms with Crippen LogP contribution < -0.4 is 10.6 Å². The van der Waals surface area contributed by atoms with E-state index in [9.17, 15) is 4.79 Å². The number of benzene rings is 1. The summed E-state index contributed by atoms with van der Waals surface area (Å²) in [5, 5.41) is 6.15. The highest BCUT2D eigenvalue weighted by Gasteiger charge is 2.03. The average Bonchev–Trinajstić information content (AvgIpc) is 2.38. The van der Waals surface area contributed by atoms with Crippen LogP contribution >= 0.6 is 0 Å². The summed E-state index contributed by atoms with van der Waals surface area (Å²) in [6.45, 7) is 6.37. The molecule has 0 saturated carbocycles. The molecule has 0 saturated heterocycles. The first-order valence-electron chi connectivity index (χ1n) is 6.74. The third-order valence-electron chi connectivity index (χ3n) is 2.80. The second kappa shape index (κ2) is 8.53. The summed E-state index contributed by atoms with van der Waals surface area (Å²) in [5.41, 5.74) is 2.10. The standard InChI is InChI=1S/C15H24N2O2/c1-4-16-15(18)9-13-5-7-14(8-6-13)17-10-12(2)11-19-3/h5-8,12,17H,4,9-11H2,1-3H3,(H,16,18). The van der Waals surface area contributed by atoms with Crippen LogP contribution in [0, 0.1) is 5.92 Å². The molecule has 0 heterocycles. The summed E-state index contributed by atoms with van der Waals surface area (Å²) < 4.78 is 5.09. The van der Waals surface area contributed by atoms with E-state index in [2.05, 4.69) is 17.6 Å². The average molecular weight is 264 g/mol. The molecule has 1 amide bonds. The van der Waals surface area contributed by atoms with E-state index in [1.165, 1.54) is 0 Å². The van der Waals surface area contributed by atoms with Gasteiger partial charge in [0.1, 0.15) is 0 Å². The van der Waals surface area contributed by atoms with Gasteiger partial charge in [-0.25, -0.2) is 0 Å². The molecule has 1 rings (SSSR count). The highest BCUT2D eigenvalue weighted by atomic mass is 16.5. The minimum atomic E-state index is 0.0666. The molecule has 4 nitrogen and oxygen atoms in total. The van der Waals surface area contributed by atoms with Gasteiger partial charge in [0.25, 0.3) is 0 Å². The second-order valence-corrected chi connectivity index (χ2v) is 4.77. The van der Waals surface area contributed by atoms with Crippen LogP contribution in [0.4, 0.5) is 5.69 Å². The molecule has 0 aliphatic rings. The van der Waals surface area contributed by atoms with Crippen molar-refractivity contribution in [1.82, 2.24) is 5.32 Å². The van der Waals surface area contributed by atoms with Gasteiger partial charge in [0, 0.05) is 25.9 Å². The van der Waals surface area contributed by atoms with Gasteiger partial charge in [-0.3, -0.25) is 4.79 Å². The number of amides is 1. The Morgan fingerprint density at radius 1 is 1.32 bits per heavy atom. The summed E-state index contributed by atoms with van der Waals surface area (Å²) in [4.78, 5) is 11.4. The zero-order chi connectivity index (χ0) is 14.1. The molecule has 0 spiro atoms. The number of carbonyl (C=O) groups excluding carboxylic acids is 1. The van der Waals surface area contributed by atoms with Gasteiger partial charge in [0.2, 0.25) is 5.91 Å². The van der Waals surface area contributed by atoms with Crippen molar-refractivity contribution in [2.45, 2.75) is 20.3 Å². The molecule has 4 heteroatoms. The lowest BCUT2D eigenvalue weighted by atomic mass is 10.1. The minimum Gasteiger partial charge on any atom is -0.385 e. The van der Waals surface area contributed by atoms with E-state index in [0.29, 0.717) is 18.9 Å². The number of rotatable bonds is 8. The highest BCUT2D eigenvalue weighted by molar-refractivity contribution is 5.78. The first-order valence-corrected chi connectivity index (χ1v) is 6.74. The fourth-order valence-corrected chi connectivity index (χ4v) is 1.82. The van der Waals surface area contributed by atoms with Crippen LogP contribution in [0.5, 0.6) is 0 Å². The van der Waals surface area contributed by atoms with Crippen molar-refractivity contribution in [1.29, 1.82) is 0 Å². The summed E-state index contributed by atoms with van der Waals surface area (Å²) in [7, 11) is 1.71. The molecule has 0 aromatic heterocycles. The maximum atomic E-state index is 11.4. The van der Waals surface area contributed by atoms with E-state index in [1.807, 2.05) is 31.2 Å². The van der Waals surface area contributed by atoms with Gasteiger partial charge in [0.05, 0.1) is 13.0 Å². The van der Waals surface area contributed by atoms with Crippen LogP contribution in [0.1, 0.15) is 19.4 Å². The van der Waals surface area contributed by atoms with E-state index < -0.39 is 0 Å². The number of nitrogens with one attached hydrogen (secondary N) is 2. The summed E-state index contributed by atoms with van der Waals surface area (Å²) in [6, 6.07) is 7.99. The number of methoxy groups -OCH3 is 1. The number of hydrogen-bond acceptors (Lipinski definition) is 3. The maximum Gasteiger partial charge on any atom is 0.224 e. The van der Waals surface area contributed by atoms with E-state index in [1.54, 1.807) is 7.11 Å². The molecule has 19 heavy (non-hydrogen) atoms. The van der Waals surface area contributed by atoms with E-state index >= 15 is 0 Å². The first-order chi connectivity index (χ1) is 9.15. The van der Waals surface area contributed by atoms with Crippen LogP contribution in [0.25, 0.3) is 0 Å². The van der Waals surface area contributed by atoms with Crippen LogP contribution in [0.15, 0.2) is 24.3 Å². The Bertz CT molecular complexity index is 376. The molecular formula is C15H24N2O2. The lowest BCUT2D eigenvalue weighted by molar-refractivity contribution is -0.120. The van der Waals surface area contributed by atoms with Crippen molar-refractivity contribution >= 4 is 11.6 Å². The normalized spacial score (nSPS) is 11.9. The monoisotopic (exact) mass is 264 g/mol. The van der Waals surface area contributed by atoms with Gasteiger partial charge in [-0.1, -0.05) is 19.1 Å². The van der Waals surface area contributed by atoms with Crippen molar-refractivity contribution < 1.29 is 9.53 Å². The van der Waals surface area contributed by atoms with Gasteiger partial charge in [0.15, 0.2) is 0 Å². The Morgan fingerprint density at radius 2 is 2.00 bits per heavy atom. The number of ether oxygens (including phenoxy) is 1. The Morgan fingerprint density at radius 3 is 2.58 bits per heavy atom. The molecule has 1 aromatic carbocycles. The Labute approximate surface area is 115 Å². The number of anilines is 1. The fraction of sp³-hybridized carbons (Fsp3) is 0.533. The predicted molar refractivity (Wildman–Crippen MR) is 78.4 cm³/mol. The van der Waals surface area contributed by atoms with E-state index in [-0.39, 0.29) is 5.91 Å². The van der Waals surface area contributed by atoms with Crippen molar-refractivity contribution in [3.8, 4) is 0 Å². The van der Waals surface area contributed by atoms with Crippen LogP contribution in [0.3, 0.4) is 0 Å². The molecule has 106 valence electrons. The zero-order valence-corrected chi connectivity index (χ0v) is 12.0. The number of hydrogen-bond donors (Lipinski definition) is 2. The van der Waals surface area contributed by atoms with Crippen LogP contribution in [-0.2, 0) is 16.0 Å². The largest absolute Gasteiger partial charge is 0.385 e. The quantitative estimate of drug-likeness (QED) is 0.755. The third kappa shape index (κ3) is 6.25.